The molecule has 0 radical (unpaired) electrons. The molecule has 0 saturated carbocycles. The largest absolute Gasteiger partial charge is 0.299 e. The number of likely N-dealkylation sites (tertiary alicyclic amines) is 1. The Labute approximate surface area is 137 Å². The molecule has 2 heteroatoms. The van der Waals surface area contributed by atoms with E-state index in [-0.39, 0.29) is 5.78 Å². The molecule has 0 amide bonds. The molecule has 1 aliphatic heterocycles. The molecule has 1 heterocycles. The van der Waals surface area contributed by atoms with Crippen molar-refractivity contribution in [1.29, 1.82) is 0 Å². The molecule has 0 aliphatic carbocycles. The predicted octanol–water partition coefficient (Wildman–Crippen LogP) is 4.93. The van der Waals surface area contributed by atoms with E-state index in [1.807, 2.05) is 0 Å². The van der Waals surface area contributed by atoms with Gasteiger partial charge >= 0.3 is 0 Å². The number of unbranched alkanes of at least 4 members (excludes halogenated alkanes) is 1. The lowest BCUT2D eigenvalue weighted by molar-refractivity contribution is -0.117. The molecule has 0 bridgehead atoms. The normalized spacial score (nSPS) is 20.5. The lowest BCUT2D eigenvalue weighted by atomic mass is 9.97. The molecular weight excluding hydrogens is 270 g/mol. The van der Waals surface area contributed by atoms with Crippen LogP contribution in [0.25, 0.3) is 0 Å². The molecule has 0 aromatic heterocycles. The first kappa shape index (κ1) is 18.9. The van der Waals surface area contributed by atoms with Gasteiger partial charge < -0.3 is 0 Å². The second-order valence-electron chi connectivity index (χ2n) is 6.88. The summed E-state index contributed by atoms with van der Waals surface area (Å²) in [7, 11) is 0. The summed E-state index contributed by atoms with van der Waals surface area (Å²) in [4.78, 5) is 13.5. The van der Waals surface area contributed by atoms with Gasteiger partial charge in [-0.25, -0.2) is 0 Å². The van der Waals surface area contributed by atoms with Gasteiger partial charge in [-0.3, -0.25) is 9.69 Å². The van der Waals surface area contributed by atoms with E-state index in [1.165, 1.54) is 36.0 Å². The monoisotopic (exact) mass is 303 g/mol. The average molecular weight is 303 g/mol. The molecular formula is C20H33NO. The minimum atomic E-state index is 0.276. The SMILES string of the molecule is C=C(C)/C(=C\C=C(/C)CC1CCN(CC(C)=O)C1)CCCC. The first-order valence-electron chi connectivity index (χ1n) is 8.66. The van der Waals surface area contributed by atoms with Gasteiger partial charge in [0.15, 0.2) is 0 Å². The molecule has 1 aliphatic rings. The van der Waals surface area contributed by atoms with Crippen LogP contribution in [0.4, 0.5) is 0 Å². The third-order valence-corrected chi connectivity index (χ3v) is 4.34. The van der Waals surface area contributed by atoms with Crippen LogP contribution < -0.4 is 0 Å². The second-order valence-corrected chi connectivity index (χ2v) is 6.88. The van der Waals surface area contributed by atoms with Crippen LogP contribution in [0, 0.1) is 5.92 Å². The van der Waals surface area contributed by atoms with E-state index in [0.29, 0.717) is 12.5 Å². The Bertz CT molecular complexity index is 445. The molecule has 1 saturated heterocycles. The van der Waals surface area contributed by atoms with Crippen molar-refractivity contribution < 1.29 is 4.79 Å². The topological polar surface area (TPSA) is 20.3 Å². The minimum Gasteiger partial charge on any atom is -0.299 e. The first-order valence-corrected chi connectivity index (χ1v) is 8.66. The Morgan fingerprint density at radius 1 is 1.27 bits per heavy atom. The summed E-state index contributed by atoms with van der Waals surface area (Å²) >= 11 is 0. The van der Waals surface area contributed by atoms with Gasteiger partial charge in [0, 0.05) is 6.54 Å². The third-order valence-electron chi connectivity index (χ3n) is 4.34. The maximum Gasteiger partial charge on any atom is 0.143 e. The second kappa shape index (κ2) is 9.78. The highest BCUT2D eigenvalue weighted by Crippen LogP contribution is 2.23. The Hall–Kier alpha value is -1.15. The van der Waals surface area contributed by atoms with Crippen molar-refractivity contribution in [3.05, 3.63) is 35.5 Å². The first-order chi connectivity index (χ1) is 10.4. The maximum absolute atomic E-state index is 11.2. The maximum atomic E-state index is 11.2. The van der Waals surface area contributed by atoms with Crippen LogP contribution in [0.2, 0.25) is 0 Å². The summed E-state index contributed by atoms with van der Waals surface area (Å²) in [5.74, 6) is 0.978. The van der Waals surface area contributed by atoms with Gasteiger partial charge in [0.1, 0.15) is 5.78 Å². The highest BCUT2D eigenvalue weighted by molar-refractivity contribution is 5.77. The summed E-state index contributed by atoms with van der Waals surface area (Å²) in [6.07, 6.45) is 10.5. The molecule has 0 N–H and O–H groups in total. The van der Waals surface area contributed by atoms with Gasteiger partial charge in [-0.1, -0.05) is 43.2 Å². The number of carbonyl (C=O) groups is 1. The van der Waals surface area contributed by atoms with Crippen molar-refractivity contribution in [2.45, 2.75) is 59.8 Å². The van der Waals surface area contributed by atoms with Crippen molar-refractivity contribution in [1.82, 2.24) is 4.90 Å². The zero-order valence-corrected chi connectivity index (χ0v) is 15.0. The van der Waals surface area contributed by atoms with Crippen LogP contribution >= 0.6 is 0 Å². The smallest absolute Gasteiger partial charge is 0.143 e. The van der Waals surface area contributed by atoms with E-state index < -0.39 is 0 Å². The summed E-state index contributed by atoms with van der Waals surface area (Å²) in [6, 6.07) is 0. The number of hydrogen-bond acceptors (Lipinski definition) is 2. The number of Topliss-reactive ketones (excluding diaryl/α,β-unsaturated/α-hetero) is 1. The highest BCUT2D eigenvalue weighted by Gasteiger charge is 2.22. The number of nitrogens with zero attached hydrogens (tertiary/aromatic N) is 1. The van der Waals surface area contributed by atoms with Crippen molar-refractivity contribution in [3.8, 4) is 0 Å². The van der Waals surface area contributed by atoms with E-state index in [9.17, 15) is 4.79 Å². The van der Waals surface area contributed by atoms with E-state index in [2.05, 4.69) is 44.4 Å². The number of allylic oxidation sites excluding steroid dienone is 5. The fraction of sp³-hybridized carbons (Fsp3) is 0.650. The van der Waals surface area contributed by atoms with Crippen LogP contribution in [0.3, 0.4) is 0 Å². The molecule has 1 atom stereocenters. The zero-order chi connectivity index (χ0) is 16.5. The third kappa shape index (κ3) is 7.22. The van der Waals surface area contributed by atoms with Gasteiger partial charge in [0.25, 0.3) is 0 Å². The van der Waals surface area contributed by atoms with E-state index >= 15 is 0 Å². The minimum absolute atomic E-state index is 0.276. The molecule has 22 heavy (non-hydrogen) atoms. The standard InChI is InChI=1S/C20H33NO/c1-6-7-8-20(16(2)3)10-9-17(4)13-19-11-12-21(15-19)14-18(5)22/h9-10,19H,2,6-8,11-15H2,1,3-5H3/b17-9+,20-10-. The van der Waals surface area contributed by atoms with Crippen LogP contribution in [-0.4, -0.2) is 30.3 Å². The number of ketones is 1. The van der Waals surface area contributed by atoms with Gasteiger partial charge in [-0.05, 0) is 64.5 Å². The molecule has 2 nitrogen and oxygen atoms in total. The predicted molar refractivity (Wildman–Crippen MR) is 96.0 cm³/mol. The average Bonchev–Trinajstić information content (AvgIpc) is 2.84. The van der Waals surface area contributed by atoms with Crippen molar-refractivity contribution in [3.63, 3.8) is 0 Å². The molecule has 1 fully saturated rings. The Morgan fingerprint density at radius 2 is 2.00 bits per heavy atom. The molecule has 1 unspecified atom stereocenters. The quantitative estimate of drug-likeness (QED) is 0.563. The molecule has 0 spiro atoms. The Kier molecular flexibility index (Phi) is 8.40. The van der Waals surface area contributed by atoms with E-state index in [0.717, 1.165) is 25.9 Å². The lowest BCUT2D eigenvalue weighted by Crippen LogP contribution is -2.26. The summed E-state index contributed by atoms with van der Waals surface area (Å²) < 4.78 is 0. The van der Waals surface area contributed by atoms with Gasteiger partial charge in [-0.2, -0.15) is 0 Å². The number of carbonyl (C=O) groups excluding carboxylic acids is 1. The van der Waals surface area contributed by atoms with Crippen molar-refractivity contribution >= 4 is 5.78 Å². The van der Waals surface area contributed by atoms with Crippen LogP contribution in [0.1, 0.15) is 59.8 Å². The lowest BCUT2D eigenvalue weighted by Gasteiger charge is -2.14. The fourth-order valence-electron chi connectivity index (χ4n) is 3.11. The van der Waals surface area contributed by atoms with Gasteiger partial charge in [-0.15, -0.1) is 0 Å². The van der Waals surface area contributed by atoms with Crippen LogP contribution in [0.15, 0.2) is 35.5 Å². The molecule has 124 valence electrons. The number of rotatable bonds is 9. The van der Waals surface area contributed by atoms with Gasteiger partial charge in [0.05, 0.1) is 6.54 Å². The Balaban J connectivity index is 2.51. The number of hydrogen-bond donors (Lipinski definition) is 0. The van der Waals surface area contributed by atoms with Gasteiger partial charge in [0.2, 0.25) is 0 Å². The summed E-state index contributed by atoms with van der Waals surface area (Å²) in [6.45, 7) is 15.1. The van der Waals surface area contributed by atoms with E-state index in [4.69, 9.17) is 0 Å². The fourth-order valence-corrected chi connectivity index (χ4v) is 3.11. The van der Waals surface area contributed by atoms with Crippen LogP contribution in [-0.2, 0) is 4.79 Å². The van der Waals surface area contributed by atoms with E-state index in [1.54, 1.807) is 6.92 Å². The van der Waals surface area contributed by atoms with Crippen molar-refractivity contribution in [2.75, 3.05) is 19.6 Å². The molecule has 0 aromatic rings. The summed E-state index contributed by atoms with van der Waals surface area (Å²) in [5.41, 5.74) is 4.00. The summed E-state index contributed by atoms with van der Waals surface area (Å²) in [5, 5.41) is 0. The van der Waals surface area contributed by atoms with Crippen molar-refractivity contribution in [2.24, 2.45) is 5.92 Å². The Morgan fingerprint density at radius 3 is 2.59 bits per heavy atom. The van der Waals surface area contributed by atoms with Crippen LogP contribution in [0.5, 0.6) is 0 Å². The molecule has 0 aromatic carbocycles. The zero-order valence-electron chi connectivity index (χ0n) is 15.0. The molecule has 1 rings (SSSR count). The highest BCUT2D eigenvalue weighted by atomic mass is 16.1.